The maximum absolute atomic E-state index is 10.4. The Morgan fingerprint density at radius 2 is 2.00 bits per heavy atom. The van der Waals surface area contributed by atoms with Crippen LogP contribution in [0.3, 0.4) is 0 Å². The zero-order valence-corrected chi connectivity index (χ0v) is 6.23. The van der Waals surface area contributed by atoms with Crippen LogP contribution in [0.1, 0.15) is 5.48 Å². The number of hydrogen-bond acceptors (Lipinski definition) is 2. The molecule has 0 atom stereocenters. The van der Waals surface area contributed by atoms with Crippen LogP contribution in [0.5, 0.6) is 0 Å². The van der Waals surface area contributed by atoms with E-state index in [-0.39, 0.29) is 4.47 Å². The molecule has 0 heterocycles. The molecule has 0 bridgehead atoms. The number of nitrogens with zero attached hydrogens (tertiary/aromatic N) is 1. The Morgan fingerprint density at radius 3 is 2.40 bits per heavy atom. The number of rotatable bonds is 1. The molecule has 0 aliphatic rings. The lowest BCUT2D eigenvalue weighted by Gasteiger charge is -1.88. The second kappa shape index (κ2) is 2.79. The highest BCUT2D eigenvalue weighted by molar-refractivity contribution is 9.10. The molecule has 3 nitrogen and oxygen atoms in total. The Hall–Kier alpha value is -0.900. The van der Waals surface area contributed by atoms with Crippen molar-refractivity contribution in [2.45, 2.75) is 0 Å². The van der Waals surface area contributed by atoms with Crippen LogP contribution >= 0.6 is 15.9 Å². The largest absolute Gasteiger partial charge is 0.269 e. The second-order valence-corrected chi connectivity index (χ2v) is 2.21. The first-order chi connectivity index (χ1) is 6.37. The molecule has 0 aliphatic heterocycles. The summed E-state index contributed by atoms with van der Waals surface area (Å²) in [5.41, 5.74) is -0.803. The predicted molar refractivity (Wildman–Crippen MR) is 40.8 cm³/mol. The van der Waals surface area contributed by atoms with Gasteiger partial charge in [-0.1, -0.05) is 15.9 Å². The summed E-state index contributed by atoms with van der Waals surface area (Å²) < 4.78 is 29.0. The molecule has 0 spiro atoms. The molecule has 1 rings (SSSR count). The smallest absolute Gasteiger partial charge is 0.258 e. The third-order valence-electron chi connectivity index (χ3n) is 0.764. The van der Waals surface area contributed by atoms with Gasteiger partial charge in [0.15, 0.2) is 0 Å². The number of nitro benzene ring substituents is 1. The van der Waals surface area contributed by atoms with Crippen molar-refractivity contribution in [3.63, 3.8) is 0 Å². The molecule has 0 saturated heterocycles. The summed E-state index contributed by atoms with van der Waals surface area (Å²) in [4.78, 5) is 9.52. The summed E-state index contributed by atoms with van der Waals surface area (Å²) in [6.45, 7) is 0. The second-order valence-electron chi connectivity index (χ2n) is 1.42. The lowest BCUT2D eigenvalue weighted by atomic mass is 10.3. The topological polar surface area (TPSA) is 43.1 Å². The lowest BCUT2D eigenvalue weighted by Crippen LogP contribution is -1.85. The highest BCUT2D eigenvalue weighted by Crippen LogP contribution is 2.15. The number of benzene rings is 1. The van der Waals surface area contributed by atoms with Gasteiger partial charge in [-0.05, 0) is 12.1 Å². The molecular formula is C6H4BrNO2. The number of halogens is 1. The molecule has 52 valence electrons. The van der Waals surface area contributed by atoms with Gasteiger partial charge < -0.3 is 0 Å². The lowest BCUT2D eigenvalue weighted by molar-refractivity contribution is -0.384. The van der Waals surface area contributed by atoms with E-state index < -0.39 is 34.8 Å². The van der Waals surface area contributed by atoms with Crippen molar-refractivity contribution in [2.24, 2.45) is 0 Å². The van der Waals surface area contributed by atoms with Gasteiger partial charge in [-0.25, -0.2) is 0 Å². The quantitative estimate of drug-likeness (QED) is 0.522. The summed E-state index contributed by atoms with van der Waals surface area (Å²) in [5.74, 6) is 0. The Bertz CT molecular complexity index is 394. The Kier molecular flexibility index (Phi) is 0.970. The summed E-state index contributed by atoms with van der Waals surface area (Å²) in [7, 11) is 0. The van der Waals surface area contributed by atoms with Crippen LogP contribution in [0.25, 0.3) is 0 Å². The highest BCUT2D eigenvalue weighted by Gasteiger charge is 2.01. The zero-order chi connectivity index (χ0) is 11.0. The maximum atomic E-state index is 10.4. The van der Waals surface area contributed by atoms with Gasteiger partial charge in [0.1, 0.15) is 0 Å². The van der Waals surface area contributed by atoms with Crippen molar-refractivity contribution < 1.29 is 10.4 Å². The normalized spacial score (nSPS) is 14.9. The fourth-order valence-corrected chi connectivity index (χ4v) is 0.580. The Labute approximate surface area is 71.6 Å². The highest BCUT2D eigenvalue weighted by atomic mass is 79.9. The fraction of sp³-hybridized carbons (Fsp3) is 0. The van der Waals surface area contributed by atoms with Crippen LogP contribution in [0.4, 0.5) is 5.69 Å². The molecular weight excluding hydrogens is 198 g/mol. The van der Waals surface area contributed by atoms with Crippen molar-refractivity contribution in [3.05, 3.63) is 38.8 Å². The molecule has 0 fully saturated rings. The maximum Gasteiger partial charge on any atom is 0.269 e. The Balaban J connectivity index is 3.68. The average Bonchev–Trinajstić information content (AvgIpc) is 2.11. The first-order valence-corrected chi connectivity index (χ1v) is 3.07. The van der Waals surface area contributed by atoms with Gasteiger partial charge >= 0.3 is 0 Å². The standard InChI is InChI=1S/C6H4BrNO2/c7-5-1-3-6(4-2-5)8(9)10/h1-4H/i1D,2D,3D,4D. The van der Waals surface area contributed by atoms with Crippen molar-refractivity contribution in [1.29, 1.82) is 0 Å². The minimum absolute atomic E-state index is 0.0712. The summed E-state index contributed by atoms with van der Waals surface area (Å²) >= 11 is 2.83. The molecule has 0 saturated carbocycles. The van der Waals surface area contributed by atoms with E-state index in [1.54, 1.807) is 0 Å². The van der Waals surface area contributed by atoms with E-state index in [0.717, 1.165) is 0 Å². The van der Waals surface area contributed by atoms with Crippen LogP contribution < -0.4 is 0 Å². The van der Waals surface area contributed by atoms with Crippen LogP contribution in [-0.4, -0.2) is 4.92 Å². The third kappa shape index (κ3) is 1.54. The van der Waals surface area contributed by atoms with Gasteiger partial charge in [-0.3, -0.25) is 10.1 Å². The van der Waals surface area contributed by atoms with Crippen molar-refractivity contribution in [3.8, 4) is 0 Å². The summed E-state index contributed by atoms with van der Waals surface area (Å²) in [5, 5.41) is 10.4. The molecule has 1 aromatic carbocycles. The molecule has 10 heavy (non-hydrogen) atoms. The number of nitro groups is 1. The average molecular weight is 206 g/mol. The van der Waals surface area contributed by atoms with E-state index in [1.807, 2.05) is 0 Å². The Morgan fingerprint density at radius 1 is 1.50 bits per heavy atom. The molecule has 4 heteroatoms. The molecule has 0 aliphatic carbocycles. The van der Waals surface area contributed by atoms with E-state index in [2.05, 4.69) is 15.9 Å². The first-order valence-electron chi connectivity index (χ1n) is 4.28. The van der Waals surface area contributed by atoms with Gasteiger partial charge in [0.2, 0.25) is 0 Å². The van der Waals surface area contributed by atoms with Crippen LogP contribution in [0.2, 0.25) is 0 Å². The summed E-state index contributed by atoms with van der Waals surface area (Å²) in [6, 6.07) is -2.19. The van der Waals surface area contributed by atoms with Gasteiger partial charge in [0.25, 0.3) is 5.69 Å². The fourth-order valence-electron chi connectivity index (χ4n) is 0.382. The van der Waals surface area contributed by atoms with Crippen molar-refractivity contribution >= 4 is 21.6 Å². The molecule has 0 unspecified atom stereocenters. The van der Waals surface area contributed by atoms with E-state index >= 15 is 0 Å². The predicted octanol–water partition coefficient (Wildman–Crippen LogP) is 2.36. The molecule has 0 radical (unpaired) electrons. The van der Waals surface area contributed by atoms with Crippen molar-refractivity contribution in [2.75, 3.05) is 0 Å². The van der Waals surface area contributed by atoms with E-state index in [4.69, 9.17) is 5.48 Å². The summed E-state index contributed by atoms with van der Waals surface area (Å²) in [6.07, 6.45) is 0. The molecule has 0 aromatic heterocycles. The minimum Gasteiger partial charge on any atom is -0.258 e. The molecule has 0 N–H and O–H groups in total. The van der Waals surface area contributed by atoms with Crippen LogP contribution in [-0.2, 0) is 0 Å². The van der Waals surface area contributed by atoms with E-state index in [1.165, 1.54) is 0 Å². The molecule has 0 amide bonds. The van der Waals surface area contributed by atoms with Crippen molar-refractivity contribution in [1.82, 2.24) is 0 Å². The van der Waals surface area contributed by atoms with Gasteiger partial charge in [0.05, 0.1) is 10.4 Å². The van der Waals surface area contributed by atoms with Crippen LogP contribution in [0, 0.1) is 10.1 Å². The SMILES string of the molecule is [2H]c1c([2H])c([N+](=O)[O-])c([2H])c([2H])c1Br. The van der Waals surface area contributed by atoms with Gasteiger partial charge in [-0.15, -0.1) is 0 Å². The monoisotopic (exact) mass is 205 g/mol. The minimum atomic E-state index is -0.923. The molecule has 1 aromatic rings. The first kappa shape index (κ1) is 3.48. The third-order valence-corrected chi connectivity index (χ3v) is 1.16. The zero-order valence-electron chi connectivity index (χ0n) is 8.64. The number of hydrogen-bond donors (Lipinski definition) is 0. The van der Waals surface area contributed by atoms with Gasteiger partial charge in [-0.2, -0.15) is 0 Å². The van der Waals surface area contributed by atoms with E-state index in [9.17, 15) is 10.1 Å². The van der Waals surface area contributed by atoms with E-state index in [0.29, 0.717) is 0 Å². The van der Waals surface area contributed by atoms with Gasteiger partial charge in [0, 0.05) is 16.6 Å². The van der Waals surface area contributed by atoms with Crippen LogP contribution in [0.15, 0.2) is 28.6 Å².